The molecule has 0 saturated heterocycles. The molecular weight excluding hydrogens is 200 g/mol. The van der Waals surface area contributed by atoms with Crippen LogP contribution in [0.3, 0.4) is 0 Å². The molecule has 0 fully saturated rings. The Bertz CT molecular complexity index is 456. The number of hydrogen-bond donors (Lipinski definition) is 2. The second-order valence-electron chi connectivity index (χ2n) is 4.07. The highest BCUT2D eigenvalue weighted by Gasteiger charge is 2.09. The molecule has 16 heavy (non-hydrogen) atoms. The van der Waals surface area contributed by atoms with Crippen LogP contribution in [0.1, 0.15) is 5.56 Å². The lowest BCUT2D eigenvalue weighted by Crippen LogP contribution is -2.14. The summed E-state index contributed by atoms with van der Waals surface area (Å²) in [5.74, 6) is -0.0641. The van der Waals surface area contributed by atoms with Gasteiger partial charge in [0.05, 0.1) is 0 Å². The van der Waals surface area contributed by atoms with Crippen molar-refractivity contribution in [1.29, 1.82) is 0 Å². The number of benzene rings is 2. The van der Waals surface area contributed by atoms with E-state index in [2.05, 4.69) is 24.3 Å². The van der Waals surface area contributed by atoms with E-state index in [1.807, 2.05) is 18.2 Å². The minimum Gasteiger partial charge on any atom is -0.396 e. The van der Waals surface area contributed by atoms with Crippen LogP contribution in [0.5, 0.6) is 0 Å². The number of aliphatic hydroxyl groups is 2. The van der Waals surface area contributed by atoms with Crippen molar-refractivity contribution in [2.45, 2.75) is 6.42 Å². The molecule has 2 aromatic carbocycles. The predicted molar refractivity (Wildman–Crippen MR) is 65.3 cm³/mol. The Morgan fingerprint density at radius 2 is 1.56 bits per heavy atom. The number of fused-ring (bicyclic) bond motifs is 1. The lowest BCUT2D eigenvalue weighted by molar-refractivity contribution is 0.150. The summed E-state index contributed by atoms with van der Waals surface area (Å²) in [7, 11) is 0. The largest absolute Gasteiger partial charge is 0.396 e. The molecule has 0 aliphatic carbocycles. The molecule has 0 aliphatic heterocycles. The van der Waals surface area contributed by atoms with Gasteiger partial charge in [0.1, 0.15) is 0 Å². The van der Waals surface area contributed by atoms with Crippen molar-refractivity contribution >= 4 is 10.8 Å². The number of rotatable bonds is 4. The summed E-state index contributed by atoms with van der Waals surface area (Å²) < 4.78 is 0. The van der Waals surface area contributed by atoms with E-state index in [1.165, 1.54) is 16.3 Å². The SMILES string of the molecule is OCC(CO)Cc1cccc2ccccc12. The van der Waals surface area contributed by atoms with Crippen LogP contribution >= 0.6 is 0 Å². The van der Waals surface area contributed by atoms with E-state index in [9.17, 15) is 0 Å². The fourth-order valence-electron chi connectivity index (χ4n) is 1.97. The Morgan fingerprint density at radius 3 is 2.31 bits per heavy atom. The van der Waals surface area contributed by atoms with E-state index in [4.69, 9.17) is 10.2 Å². The van der Waals surface area contributed by atoms with Crippen LogP contribution in [0.2, 0.25) is 0 Å². The molecular formula is C14H16O2. The average Bonchev–Trinajstić information content (AvgIpc) is 2.36. The second kappa shape index (κ2) is 5.10. The van der Waals surface area contributed by atoms with Gasteiger partial charge in [-0.05, 0) is 22.8 Å². The zero-order chi connectivity index (χ0) is 11.4. The summed E-state index contributed by atoms with van der Waals surface area (Å²) in [5.41, 5.74) is 1.19. The van der Waals surface area contributed by atoms with E-state index < -0.39 is 0 Å². The molecule has 0 saturated carbocycles. The predicted octanol–water partition coefficient (Wildman–Crippen LogP) is 1.98. The Kier molecular flexibility index (Phi) is 3.54. The molecule has 0 amide bonds. The maximum Gasteiger partial charge on any atom is 0.0484 e. The van der Waals surface area contributed by atoms with Crippen LogP contribution < -0.4 is 0 Å². The molecule has 0 radical (unpaired) electrons. The molecule has 2 aromatic rings. The maximum atomic E-state index is 9.10. The zero-order valence-corrected chi connectivity index (χ0v) is 9.13. The molecule has 0 spiro atoms. The van der Waals surface area contributed by atoms with Gasteiger partial charge < -0.3 is 10.2 Å². The highest BCUT2D eigenvalue weighted by atomic mass is 16.3. The first-order valence-electron chi connectivity index (χ1n) is 5.53. The van der Waals surface area contributed by atoms with Gasteiger partial charge >= 0.3 is 0 Å². The highest BCUT2D eigenvalue weighted by Crippen LogP contribution is 2.20. The van der Waals surface area contributed by atoms with Crippen molar-refractivity contribution in [1.82, 2.24) is 0 Å². The van der Waals surface area contributed by atoms with Gasteiger partial charge in [-0.15, -0.1) is 0 Å². The van der Waals surface area contributed by atoms with Crippen LogP contribution in [-0.2, 0) is 6.42 Å². The van der Waals surface area contributed by atoms with Gasteiger partial charge in [-0.1, -0.05) is 42.5 Å². The van der Waals surface area contributed by atoms with Gasteiger partial charge in [-0.2, -0.15) is 0 Å². The van der Waals surface area contributed by atoms with Gasteiger partial charge in [0.2, 0.25) is 0 Å². The minimum absolute atomic E-state index is 0.0275. The molecule has 2 nitrogen and oxygen atoms in total. The highest BCUT2D eigenvalue weighted by molar-refractivity contribution is 5.85. The summed E-state index contributed by atoms with van der Waals surface area (Å²) >= 11 is 0. The Hall–Kier alpha value is -1.38. The first kappa shape index (κ1) is 11.1. The average molecular weight is 216 g/mol. The van der Waals surface area contributed by atoms with Gasteiger partial charge in [-0.25, -0.2) is 0 Å². The van der Waals surface area contributed by atoms with Crippen LogP contribution in [0.4, 0.5) is 0 Å². The molecule has 2 N–H and O–H groups in total. The molecule has 2 rings (SSSR count). The first-order valence-corrected chi connectivity index (χ1v) is 5.53. The minimum atomic E-state index is -0.0641. The molecule has 0 atom stereocenters. The molecule has 0 aromatic heterocycles. The quantitative estimate of drug-likeness (QED) is 0.820. The molecule has 0 heterocycles. The lowest BCUT2D eigenvalue weighted by Gasteiger charge is -2.12. The molecule has 84 valence electrons. The van der Waals surface area contributed by atoms with E-state index in [0.717, 1.165) is 0 Å². The smallest absolute Gasteiger partial charge is 0.0484 e. The van der Waals surface area contributed by atoms with Gasteiger partial charge in [0.25, 0.3) is 0 Å². The maximum absolute atomic E-state index is 9.10. The number of aliphatic hydroxyl groups excluding tert-OH is 2. The van der Waals surface area contributed by atoms with Crippen molar-refractivity contribution in [3.05, 3.63) is 48.0 Å². The standard InChI is InChI=1S/C14H16O2/c15-9-11(10-16)8-13-6-3-5-12-4-1-2-7-14(12)13/h1-7,11,15-16H,8-10H2. The van der Waals surface area contributed by atoms with Crippen molar-refractivity contribution in [2.75, 3.05) is 13.2 Å². The number of hydrogen-bond acceptors (Lipinski definition) is 2. The zero-order valence-electron chi connectivity index (χ0n) is 9.13. The van der Waals surface area contributed by atoms with E-state index in [-0.39, 0.29) is 19.1 Å². The van der Waals surface area contributed by atoms with Crippen LogP contribution in [0, 0.1) is 5.92 Å². The third-order valence-electron chi connectivity index (χ3n) is 2.90. The summed E-state index contributed by atoms with van der Waals surface area (Å²) in [6, 6.07) is 14.3. The lowest BCUT2D eigenvalue weighted by atomic mass is 9.96. The third-order valence-corrected chi connectivity index (χ3v) is 2.90. The fraction of sp³-hybridized carbons (Fsp3) is 0.286. The van der Waals surface area contributed by atoms with Gasteiger partial charge in [0.15, 0.2) is 0 Å². The summed E-state index contributed by atoms with van der Waals surface area (Å²) in [4.78, 5) is 0. The van der Waals surface area contributed by atoms with Crippen LogP contribution in [-0.4, -0.2) is 23.4 Å². The monoisotopic (exact) mass is 216 g/mol. The fourth-order valence-corrected chi connectivity index (χ4v) is 1.97. The van der Waals surface area contributed by atoms with E-state index in [0.29, 0.717) is 6.42 Å². The Balaban J connectivity index is 2.36. The second-order valence-corrected chi connectivity index (χ2v) is 4.07. The molecule has 0 unspecified atom stereocenters. The summed E-state index contributed by atoms with van der Waals surface area (Å²) in [6.45, 7) is 0.0550. The normalized spacial score (nSPS) is 11.2. The van der Waals surface area contributed by atoms with Crippen LogP contribution in [0.15, 0.2) is 42.5 Å². The summed E-state index contributed by atoms with van der Waals surface area (Å²) in [6.07, 6.45) is 0.717. The third kappa shape index (κ3) is 2.23. The molecule has 0 bridgehead atoms. The first-order chi connectivity index (χ1) is 7.85. The van der Waals surface area contributed by atoms with Crippen molar-refractivity contribution < 1.29 is 10.2 Å². The van der Waals surface area contributed by atoms with Gasteiger partial charge in [-0.3, -0.25) is 0 Å². The molecule has 2 heteroatoms. The Morgan fingerprint density at radius 1 is 0.875 bits per heavy atom. The van der Waals surface area contributed by atoms with E-state index >= 15 is 0 Å². The van der Waals surface area contributed by atoms with Crippen molar-refractivity contribution in [2.24, 2.45) is 5.92 Å². The van der Waals surface area contributed by atoms with Crippen LogP contribution in [0.25, 0.3) is 10.8 Å². The van der Waals surface area contributed by atoms with Gasteiger partial charge in [0, 0.05) is 19.1 Å². The molecule has 0 aliphatic rings. The summed E-state index contributed by atoms with van der Waals surface area (Å²) in [5, 5.41) is 20.6. The topological polar surface area (TPSA) is 40.5 Å². The Labute approximate surface area is 95.2 Å². The van der Waals surface area contributed by atoms with E-state index in [1.54, 1.807) is 0 Å². The van der Waals surface area contributed by atoms with Crippen molar-refractivity contribution in [3.8, 4) is 0 Å². The van der Waals surface area contributed by atoms with Crippen molar-refractivity contribution in [3.63, 3.8) is 0 Å².